The normalized spacial score (nSPS) is 17.4. The van der Waals surface area contributed by atoms with Crippen molar-refractivity contribution < 1.29 is 17.9 Å². The molecule has 1 aromatic carbocycles. The molecule has 0 N–H and O–H groups in total. The fourth-order valence-corrected chi connectivity index (χ4v) is 4.02. The molecule has 0 unspecified atom stereocenters. The molecule has 0 spiro atoms. The minimum atomic E-state index is -3.66. The molecule has 0 saturated carbocycles. The average Bonchev–Trinajstić information content (AvgIpc) is 2.41. The van der Waals surface area contributed by atoms with E-state index in [-0.39, 0.29) is 14.9 Å². The third-order valence-electron chi connectivity index (χ3n) is 2.79. The van der Waals surface area contributed by atoms with E-state index in [1.165, 1.54) is 23.5 Å². The first kappa shape index (κ1) is 14.9. The highest BCUT2D eigenvalue weighted by atomic mass is 35.5. The number of methoxy groups -OCH3 is 1. The van der Waals surface area contributed by atoms with Gasteiger partial charge in [-0.3, -0.25) is 0 Å². The number of halogens is 2. The molecule has 1 aliphatic rings. The number of hydrogen-bond acceptors (Lipinski definition) is 4. The van der Waals surface area contributed by atoms with Crippen LogP contribution < -0.4 is 4.74 Å². The number of morpholine rings is 1. The Kier molecular flexibility index (Phi) is 4.58. The highest BCUT2D eigenvalue weighted by Crippen LogP contribution is 2.34. The lowest BCUT2D eigenvalue weighted by atomic mass is 10.3. The van der Waals surface area contributed by atoms with Crippen molar-refractivity contribution >= 4 is 33.2 Å². The smallest absolute Gasteiger partial charge is 0.244 e. The molecule has 5 nitrogen and oxygen atoms in total. The first-order chi connectivity index (χ1) is 8.96. The molecule has 0 atom stereocenters. The maximum atomic E-state index is 12.4. The molecule has 1 fully saturated rings. The molecular formula is C11H13Cl2NO4S. The number of rotatable bonds is 3. The van der Waals surface area contributed by atoms with E-state index in [0.717, 1.165) is 0 Å². The van der Waals surface area contributed by atoms with Gasteiger partial charge in [-0.25, -0.2) is 8.42 Å². The summed E-state index contributed by atoms with van der Waals surface area (Å²) in [6.45, 7) is 1.37. The van der Waals surface area contributed by atoms with E-state index in [9.17, 15) is 8.42 Å². The Morgan fingerprint density at radius 3 is 2.42 bits per heavy atom. The third-order valence-corrected chi connectivity index (χ3v) is 5.45. The van der Waals surface area contributed by atoms with Crippen molar-refractivity contribution in [1.82, 2.24) is 4.31 Å². The second-order valence-corrected chi connectivity index (χ2v) is 6.65. The fourth-order valence-electron chi connectivity index (χ4n) is 1.79. The Bertz CT molecular complexity index is 570. The Labute approximate surface area is 122 Å². The maximum absolute atomic E-state index is 12.4. The van der Waals surface area contributed by atoms with E-state index in [0.29, 0.717) is 32.1 Å². The average molecular weight is 326 g/mol. The van der Waals surface area contributed by atoms with E-state index in [2.05, 4.69) is 0 Å². The van der Waals surface area contributed by atoms with Gasteiger partial charge in [0.05, 0.1) is 30.4 Å². The number of hydrogen-bond donors (Lipinski definition) is 0. The monoisotopic (exact) mass is 325 g/mol. The van der Waals surface area contributed by atoms with Crippen LogP contribution in [0.5, 0.6) is 5.75 Å². The predicted octanol–water partition coefficient (Wildman–Crippen LogP) is 2.02. The third kappa shape index (κ3) is 2.98. The van der Waals surface area contributed by atoms with Gasteiger partial charge in [0.2, 0.25) is 10.0 Å². The summed E-state index contributed by atoms with van der Waals surface area (Å²) >= 11 is 12.0. The number of benzene rings is 1. The van der Waals surface area contributed by atoms with Crippen LogP contribution in [0.4, 0.5) is 0 Å². The Balaban J connectivity index is 2.42. The van der Waals surface area contributed by atoms with Gasteiger partial charge in [-0.2, -0.15) is 4.31 Å². The molecule has 19 heavy (non-hydrogen) atoms. The van der Waals surface area contributed by atoms with Gasteiger partial charge in [-0.05, 0) is 6.07 Å². The van der Waals surface area contributed by atoms with E-state index >= 15 is 0 Å². The Hall–Kier alpha value is -0.530. The zero-order valence-electron chi connectivity index (χ0n) is 10.2. The molecule has 0 amide bonds. The maximum Gasteiger partial charge on any atom is 0.244 e. The van der Waals surface area contributed by atoms with Crippen LogP contribution in [0.2, 0.25) is 10.0 Å². The molecule has 1 aromatic rings. The minimum Gasteiger partial charge on any atom is -0.495 e. The first-order valence-corrected chi connectivity index (χ1v) is 7.77. The van der Waals surface area contributed by atoms with Gasteiger partial charge >= 0.3 is 0 Å². The van der Waals surface area contributed by atoms with Gasteiger partial charge in [0.1, 0.15) is 10.6 Å². The Morgan fingerprint density at radius 1 is 1.21 bits per heavy atom. The number of nitrogens with zero attached hydrogens (tertiary/aromatic N) is 1. The Morgan fingerprint density at radius 2 is 1.84 bits per heavy atom. The summed E-state index contributed by atoms with van der Waals surface area (Å²) in [6, 6.07) is 2.71. The first-order valence-electron chi connectivity index (χ1n) is 5.57. The van der Waals surface area contributed by atoms with Crippen LogP contribution in [-0.2, 0) is 14.8 Å². The molecular weight excluding hydrogens is 313 g/mol. The van der Waals surface area contributed by atoms with Crippen molar-refractivity contribution in [2.24, 2.45) is 0 Å². The minimum absolute atomic E-state index is 0.0122. The summed E-state index contributed by atoms with van der Waals surface area (Å²) < 4.78 is 36.4. The van der Waals surface area contributed by atoms with Crippen molar-refractivity contribution in [2.45, 2.75) is 4.90 Å². The van der Waals surface area contributed by atoms with Gasteiger partial charge in [0, 0.05) is 19.2 Å². The summed E-state index contributed by atoms with van der Waals surface area (Å²) in [5.74, 6) is 0.340. The molecule has 2 rings (SSSR count). The van der Waals surface area contributed by atoms with Crippen molar-refractivity contribution in [1.29, 1.82) is 0 Å². The molecule has 0 bridgehead atoms. The summed E-state index contributed by atoms with van der Waals surface area (Å²) in [6.07, 6.45) is 0. The van der Waals surface area contributed by atoms with Crippen molar-refractivity contribution in [3.8, 4) is 5.75 Å². The van der Waals surface area contributed by atoms with Gasteiger partial charge in [-0.15, -0.1) is 0 Å². The summed E-state index contributed by atoms with van der Waals surface area (Å²) in [4.78, 5) is -0.0122. The lowest BCUT2D eigenvalue weighted by molar-refractivity contribution is 0.0730. The lowest BCUT2D eigenvalue weighted by Crippen LogP contribution is -2.40. The standard InChI is InChI=1S/C11H13Cl2NO4S/c1-17-10-6-9(13)11(7-8(10)12)19(15,16)14-2-4-18-5-3-14/h6-7H,2-5H2,1H3. The largest absolute Gasteiger partial charge is 0.495 e. The van der Waals surface area contributed by atoms with Crippen LogP contribution in [0.25, 0.3) is 0 Å². The van der Waals surface area contributed by atoms with Gasteiger partial charge in [0.25, 0.3) is 0 Å². The highest BCUT2D eigenvalue weighted by molar-refractivity contribution is 7.89. The summed E-state index contributed by atoms with van der Waals surface area (Å²) in [5.41, 5.74) is 0. The van der Waals surface area contributed by atoms with E-state index in [1.54, 1.807) is 0 Å². The van der Waals surface area contributed by atoms with Crippen LogP contribution in [0.1, 0.15) is 0 Å². The van der Waals surface area contributed by atoms with Gasteiger partial charge in [-0.1, -0.05) is 23.2 Å². The summed E-state index contributed by atoms with van der Waals surface area (Å²) in [5, 5.41) is 0.298. The number of sulfonamides is 1. The van der Waals surface area contributed by atoms with E-state index < -0.39 is 10.0 Å². The van der Waals surface area contributed by atoms with E-state index in [4.69, 9.17) is 32.7 Å². The van der Waals surface area contributed by atoms with Gasteiger partial charge in [0.15, 0.2) is 0 Å². The highest BCUT2D eigenvalue weighted by Gasteiger charge is 2.29. The van der Waals surface area contributed by atoms with Crippen LogP contribution in [0.3, 0.4) is 0 Å². The molecule has 0 aliphatic carbocycles. The van der Waals surface area contributed by atoms with Crippen molar-refractivity contribution in [3.63, 3.8) is 0 Å². The zero-order valence-corrected chi connectivity index (χ0v) is 12.6. The van der Waals surface area contributed by atoms with Crippen LogP contribution >= 0.6 is 23.2 Å². The molecule has 8 heteroatoms. The number of ether oxygens (including phenoxy) is 2. The molecule has 1 heterocycles. The molecule has 0 aromatic heterocycles. The van der Waals surface area contributed by atoms with Crippen LogP contribution in [0.15, 0.2) is 17.0 Å². The van der Waals surface area contributed by atoms with Gasteiger partial charge < -0.3 is 9.47 Å². The molecule has 1 aliphatic heterocycles. The van der Waals surface area contributed by atoms with Crippen molar-refractivity contribution in [2.75, 3.05) is 33.4 Å². The molecule has 0 radical (unpaired) electrons. The van der Waals surface area contributed by atoms with Crippen LogP contribution in [0, 0.1) is 0 Å². The molecule has 106 valence electrons. The SMILES string of the molecule is COc1cc(Cl)c(S(=O)(=O)N2CCOCC2)cc1Cl. The fraction of sp³-hybridized carbons (Fsp3) is 0.455. The topological polar surface area (TPSA) is 55.8 Å². The lowest BCUT2D eigenvalue weighted by Gasteiger charge is -2.26. The zero-order chi connectivity index (χ0) is 14.0. The van der Waals surface area contributed by atoms with Crippen LogP contribution in [-0.4, -0.2) is 46.1 Å². The van der Waals surface area contributed by atoms with E-state index in [1.807, 2.05) is 0 Å². The molecule has 1 saturated heterocycles. The van der Waals surface area contributed by atoms with Crippen molar-refractivity contribution in [3.05, 3.63) is 22.2 Å². The quantitative estimate of drug-likeness (QED) is 0.853. The second kappa shape index (κ2) is 5.85. The predicted molar refractivity (Wildman–Crippen MR) is 72.6 cm³/mol. The summed E-state index contributed by atoms with van der Waals surface area (Å²) in [7, 11) is -2.22. The second-order valence-electron chi connectivity index (χ2n) is 3.93.